The molecule has 1 aliphatic carbocycles. The molecular formula is C22H17NO4S. The van der Waals surface area contributed by atoms with E-state index in [4.69, 9.17) is 5.73 Å². The largest absolute Gasteiger partial charge is 0.398 e. The first-order valence-electron chi connectivity index (χ1n) is 8.69. The zero-order valence-corrected chi connectivity index (χ0v) is 15.9. The maximum absolute atomic E-state index is 13.1. The normalized spacial score (nSPS) is 13.2. The van der Waals surface area contributed by atoms with Crippen molar-refractivity contribution in [3.8, 4) is 0 Å². The molecule has 0 aliphatic heterocycles. The molecule has 140 valence electrons. The summed E-state index contributed by atoms with van der Waals surface area (Å²) in [6, 6.07) is 16.0. The number of rotatable bonds is 3. The molecule has 0 unspecified atom stereocenters. The lowest BCUT2D eigenvalue weighted by Crippen LogP contribution is -2.24. The lowest BCUT2D eigenvalue weighted by Gasteiger charge is -2.21. The molecule has 1 aliphatic rings. The number of carbonyl (C=O) groups is 2. The summed E-state index contributed by atoms with van der Waals surface area (Å²) in [5.74, 6) is -1.14. The molecule has 0 saturated carbocycles. The van der Waals surface area contributed by atoms with Gasteiger partial charge in [-0.15, -0.1) is 0 Å². The molecule has 0 amide bonds. The second kappa shape index (κ2) is 6.42. The maximum atomic E-state index is 13.1. The summed E-state index contributed by atoms with van der Waals surface area (Å²) in [5, 5.41) is 0. The van der Waals surface area contributed by atoms with Crippen molar-refractivity contribution in [1.82, 2.24) is 0 Å². The van der Waals surface area contributed by atoms with Gasteiger partial charge in [-0.2, -0.15) is 0 Å². The van der Waals surface area contributed by atoms with Gasteiger partial charge in [0, 0.05) is 22.4 Å². The molecule has 3 aromatic rings. The summed E-state index contributed by atoms with van der Waals surface area (Å²) in [6.45, 7) is 1.87. The van der Waals surface area contributed by atoms with Crippen molar-refractivity contribution in [3.63, 3.8) is 0 Å². The fourth-order valence-electron chi connectivity index (χ4n) is 3.47. The van der Waals surface area contributed by atoms with Gasteiger partial charge in [-0.05, 0) is 30.7 Å². The summed E-state index contributed by atoms with van der Waals surface area (Å²) in [5.41, 5.74) is 8.09. The molecule has 0 heterocycles. The van der Waals surface area contributed by atoms with Crippen molar-refractivity contribution in [3.05, 3.63) is 94.0 Å². The number of anilines is 1. The van der Waals surface area contributed by atoms with Crippen molar-refractivity contribution in [2.24, 2.45) is 0 Å². The van der Waals surface area contributed by atoms with E-state index in [-0.39, 0.29) is 55.7 Å². The Balaban J connectivity index is 1.86. The molecule has 28 heavy (non-hydrogen) atoms. The van der Waals surface area contributed by atoms with E-state index in [1.165, 1.54) is 24.3 Å². The lowest BCUT2D eigenvalue weighted by atomic mass is 9.81. The van der Waals surface area contributed by atoms with Crippen LogP contribution in [0.15, 0.2) is 65.6 Å². The van der Waals surface area contributed by atoms with Gasteiger partial charge in [0.15, 0.2) is 21.4 Å². The number of fused-ring (bicyclic) bond motifs is 2. The average molecular weight is 391 g/mol. The molecule has 2 N–H and O–H groups in total. The molecule has 4 rings (SSSR count). The van der Waals surface area contributed by atoms with Crippen LogP contribution in [0.5, 0.6) is 0 Å². The van der Waals surface area contributed by atoms with Gasteiger partial charge in [0.25, 0.3) is 0 Å². The van der Waals surface area contributed by atoms with Crippen LogP contribution in [0.3, 0.4) is 0 Å². The number of ketones is 2. The Hall–Kier alpha value is -3.25. The molecule has 0 aromatic heterocycles. The van der Waals surface area contributed by atoms with E-state index in [1.807, 2.05) is 6.92 Å². The Kier molecular flexibility index (Phi) is 4.16. The predicted octanol–water partition coefficient (Wildman–Crippen LogP) is 3.33. The second-order valence-corrected chi connectivity index (χ2v) is 8.83. The van der Waals surface area contributed by atoms with Gasteiger partial charge in [0.05, 0.1) is 16.2 Å². The third-order valence-electron chi connectivity index (χ3n) is 4.92. The van der Waals surface area contributed by atoms with Crippen LogP contribution in [-0.2, 0) is 15.6 Å². The van der Waals surface area contributed by atoms with E-state index in [0.717, 1.165) is 5.56 Å². The molecule has 0 radical (unpaired) electrons. The minimum absolute atomic E-state index is 0.0828. The topological polar surface area (TPSA) is 94.3 Å². The van der Waals surface area contributed by atoms with E-state index in [2.05, 4.69) is 0 Å². The number of hydrogen-bond donors (Lipinski definition) is 1. The standard InChI is InChI=1S/C22H17NO4S/c1-13-6-9-15(10-7-13)28(26,27)12-14-8-11-18(23)20-19(14)21(24)16-4-2-3-5-17(16)22(20)25/h2-11H,12,23H2,1H3. The molecule has 0 atom stereocenters. The maximum Gasteiger partial charge on any atom is 0.196 e. The Labute approximate surface area is 162 Å². The highest BCUT2D eigenvalue weighted by molar-refractivity contribution is 7.90. The lowest BCUT2D eigenvalue weighted by molar-refractivity contribution is 0.0979. The number of hydrogen-bond acceptors (Lipinski definition) is 5. The highest BCUT2D eigenvalue weighted by atomic mass is 32.2. The van der Waals surface area contributed by atoms with Crippen molar-refractivity contribution >= 4 is 27.1 Å². The fraction of sp³-hybridized carbons (Fsp3) is 0.0909. The fourth-order valence-corrected chi connectivity index (χ4v) is 4.84. The van der Waals surface area contributed by atoms with Crippen molar-refractivity contribution in [2.75, 3.05) is 5.73 Å². The molecule has 6 heteroatoms. The van der Waals surface area contributed by atoms with Crippen LogP contribution in [-0.4, -0.2) is 20.0 Å². The smallest absolute Gasteiger partial charge is 0.196 e. The van der Waals surface area contributed by atoms with E-state index < -0.39 is 9.84 Å². The Morgan fingerprint density at radius 3 is 1.96 bits per heavy atom. The van der Waals surface area contributed by atoms with Gasteiger partial charge in [-0.3, -0.25) is 9.59 Å². The first-order valence-corrected chi connectivity index (χ1v) is 10.3. The first-order chi connectivity index (χ1) is 13.3. The number of carbonyl (C=O) groups excluding carboxylic acids is 2. The van der Waals surface area contributed by atoms with Crippen molar-refractivity contribution in [1.29, 1.82) is 0 Å². The van der Waals surface area contributed by atoms with E-state index >= 15 is 0 Å². The molecule has 0 spiro atoms. The summed E-state index contributed by atoms with van der Waals surface area (Å²) in [7, 11) is -3.70. The third-order valence-corrected chi connectivity index (χ3v) is 6.60. The van der Waals surface area contributed by atoms with Crippen LogP contribution < -0.4 is 5.73 Å². The number of nitrogen functional groups attached to an aromatic ring is 1. The molecule has 0 fully saturated rings. The van der Waals surface area contributed by atoms with E-state index in [9.17, 15) is 18.0 Å². The van der Waals surface area contributed by atoms with Crippen molar-refractivity contribution in [2.45, 2.75) is 17.6 Å². The molecular weight excluding hydrogens is 374 g/mol. The van der Waals surface area contributed by atoms with Gasteiger partial charge in [0.1, 0.15) is 0 Å². The summed E-state index contributed by atoms with van der Waals surface area (Å²) in [4.78, 5) is 26.2. The minimum Gasteiger partial charge on any atom is -0.398 e. The first kappa shape index (κ1) is 18.1. The Morgan fingerprint density at radius 1 is 0.786 bits per heavy atom. The zero-order chi connectivity index (χ0) is 20.1. The zero-order valence-electron chi connectivity index (χ0n) is 15.1. The number of benzene rings is 3. The Bertz CT molecular complexity index is 1240. The van der Waals surface area contributed by atoms with Gasteiger partial charge < -0.3 is 5.73 Å². The summed E-state index contributed by atoms with van der Waals surface area (Å²) in [6.07, 6.45) is 0. The van der Waals surface area contributed by atoms with Gasteiger partial charge in [0.2, 0.25) is 0 Å². The van der Waals surface area contributed by atoms with Gasteiger partial charge in [-0.1, -0.05) is 48.0 Å². The second-order valence-electron chi connectivity index (χ2n) is 6.84. The predicted molar refractivity (Wildman–Crippen MR) is 106 cm³/mol. The molecule has 5 nitrogen and oxygen atoms in total. The number of sulfone groups is 1. The highest BCUT2D eigenvalue weighted by Gasteiger charge is 2.34. The van der Waals surface area contributed by atoms with Crippen LogP contribution in [0.2, 0.25) is 0 Å². The van der Waals surface area contributed by atoms with Crippen LogP contribution in [0.25, 0.3) is 0 Å². The van der Waals surface area contributed by atoms with Crippen LogP contribution in [0.4, 0.5) is 5.69 Å². The van der Waals surface area contributed by atoms with Gasteiger partial charge in [-0.25, -0.2) is 8.42 Å². The quantitative estimate of drug-likeness (QED) is 0.541. The van der Waals surface area contributed by atoms with Crippen LogP contribution in [0, 0.1) is 6.92 Å². The third kappa shape index (κ3) is 2.82. The van der Waals surface area contributed by atoms with E-state index in [1.54, 1.807) is 36.4 Å². The minimum atomic E-state index is -3.70. The van der Waals surface area contributed by atoms with Crippen LogP contribution in [0.1, 0.15) is 43.0 Å². The molecule has 0 saturated heterocycles. The summed E-state index contributed by atoms with van der Waals surface area (Å²) >= 11 is 0. The average Bonchev–Trinajstić information content (AvgIpc) is 2.67. The monoisotopic (exact) mass is 391 g/mol. The highest BCUT2D eigenvalue weighted by Crippen LogP contribution is 2.34. The number of nitrogens with two attached hydrogens (primary N) is 1. The van der Waals surface area contributed by atoms with Gasteiger partial charge >= 0.3 is 0 Å². The summed E-state index contributed by atoms with van der Waals surface area (Å²) < 4.78 is 25.8. The SMILES string of the molecule is Cc1ccc(S(=O)(=O)Cc2ccc(N)c3c2C(=O)c2ccccc2C3=O)cc1. The molecule has 0 bridgehead atoms. The molecule has 3 aromatic carbocycles. The van der Waals surface area contributed by atoms with Crippen LogP contribution >= 0.6 is 0 Å². The van der Waals surface area contributed by atoms with Crippen molar-refractivity contribution < 1.29 is 18.0 Å². The van der Waals surface area contributed by atoms with E-state index in [0.29, 0.717) is 0 Å². The number of aryl methyl sites for hydroxylation is 1. The Morgan fingerprint density at radius 2 is 1.36 bits per heavy atom.